The molecule has 0 radical (unpaired) electrons. The van der Waals surface area contributed by atoms with Gasteiger partial charge in [-0.05, 0) is 26.2 Å². The largest absolute Gasteiger partial charge is 0.448 e. The van der Waals surface area contributed by atoms with E-state index in [-0.39, 0.29) is 24.7 Å². The maximum absolute atomic E-state index is 12.8. The van der Waals surface area contributed by atoms with Crippen LogP contribution in [-0.4, -0.2) is 35.3 Å². The van der Waals surface area contributed by atoms with E-state index in [2.05, 4.69) is 10.6 Å². The van der Waals surface area contributed by atoms with Crippen LogP contribution < -0.4 is 10.6 Å². The number of amides is 3. The lowest BCUT2D eigenvalue weighted by atomic mass is 9.66. The predicted molar refractivity (Wildman–Crippen MR) is 74.3 cm³/mol. The van der Waals surface area contributed by atoms with Gasteiger partial charge < -0.3 is 10.1 Å². The van der Waals surface area contributed by atoms with Gasteiger partial charge in [0.25, 0.3) is 5.91 Å². The fraction of sp³-hybridized carbons (Fsp3) is 0.733. The van der Waals surface area contributed by atoms with Crippen LogP contribution in [0, 0.1) is 10.8 Å². The van der Waals surface area contributed by atoms with Crippen LogP contribution in [0.1, 0.15) is 46.5 Å². The summed E-state index contributed by atoms with van der Waals surface area (Å²) in [6.45, 7) is 5.53. The fourth-order valence-corrected chi connectivity index (χ4v) is 3.85. The van der Waals surface area contributed by atoms with Crippen molar-refractivity contribution < 1.29 is 23.9 Å². The van der Waals surface area contributed by atoms with Gasteiger partial charge in [0.2, 0.25) is 11.8 Å². The first-order valence-electron chi connectivity index (χ1n) is 7.52. The second-order valence-corrected chi connectivity index (χ2v) is 7.15. The molecule has 2 heterocycles. The van der Waals surface area contributed by atoms with Crippen LogP contribution in [-0.2, 0) is 23.9 Å². The number of carbonyl (C=O) groups is 4. The van der Waals surface area contributed by atoms with Gasteiger partial charge in [0.15, 0.2) is 5.60 Å². The summed E-state index contributed by atoms with van der Waals surface area (Å²) in [5.74, 6) is -1.65. The lowest BCUT2D eigenvalue weighted by molar-refractivity contribution is -0.168. The molecule has 3 atom stereocenters. The number of hydrogen-bond donors (Lipinski definition) is 2. The molecule has 3 aliphatic rings. The SMILES string of the molecule is CC12CCC(C(=O)NC3CCC(=O)NC3=O)(OC1=O)C2(C)C. The zero-order valence-corrected chi connectivity index (χ0v) is 12.9. The number of hydrogen-bond acceptors (Lipinski definition) is 5. The maximum atomic E-state index is 12.8. The van der Waals surface area contributed by atoms with Crippen molar-refractivity contribution in [1.29, 1.82) is 0 Å². The molecule has 0 spiro atoms. The number of fused-ring (bicyclic) bond motifs is 2. The molecule has 0 aromatic carbocycles. The molecule has 7 heteroatoms. The van der Waals surface area contributed by atoms with Gasteiger partial charge in [-0.2, -0.15) is 0 Å². The van der Waals surface area contributed by atoms with E-state index >= 15 is 0 Å². The van der Waals surface area contributed by atoms with Crippen molar-refractivity contribution in [1.82, 2.24) is 10.6 Å². The Bertz CT molecular complexity index is 599. The summed E-state index contributed by atoms with van der Waals surface area (Å²) in [4.78, 5) is 47.9. The summed E-state index contributed by atoms with van der Waals surface area (Å²) in [6.07, 6.45) is 1.48. The minimum atomic E-state index is -1.24. The minimum Gasteiger partial charge on any atom is -0.448 e. The number of carbonyl (C=O) groups excluding carboxylic acids is 4. The van der Waals surface area contributed by atoms with E-state index in [9.17, 15) is 19.2 Å². The summed E-state index contributed by atoms with van der Waals surface area (Å²) in [5.41, 5.74) is -2.57. The lowest BCUT2D eigenvalue weighted by Gasteiger charge is -2.36. The van der Waals surface area contributed by atoms with Gasteiger partial charge in [-0.15, -0.1) is 0 Å². The highest BCUT2D eigenvalue weighted by atomic mass is 16.6. The number of nitrogens with one attached hydrogen (secondary N) is 2. The van der Waals surface area contributed by atoms with Crippen molar-refractivity contribution in [3.8, 4) is 0 Å². The fourth-order valence-electron chi connectivity index (χ4n) is 3.85. The molecule has 1 saturated carbocycles. The lowest BCUT2D eigenvalue weighted by Crippen LogP contribution is -2.60. The molecule has 120 valence electrons. The normalized spacial score (nSPS) is 39.4. The molecule has 7 nitrogen and oxygen atoms in total. The average molecular weight is 308 g/mol. The van der Waals surface area contributed by atoms with Gasteiger partial charge in [0.1, 0.15) is 6.04 Å². The predicted octanol–water partition coefficient (Wildman–Crippen LogP) is 0.0297. The van der Waals surface area contributed by atoms with E-state index in [0.29, 0.717) is 12.8 Å². The quantitative estimate of drug-likeness (QED) is 0.553. The molecule has 22 heavy (non-hydrogen) atoms. The van der Waals surface area contributed by atoms with Gasteiger partial charge in [0, 0.05) is 11.8 Å². The van der Waals surface area contributed by atoms with Crippen molar-refractivity contribution in [2.24, 2.45) is 10.8 Å². The standard InChI is InChI=1S/C15H20N2O5/c1-13(2)14(3)6-7-15(13,22-12(14)21)11(20)16-8-4-5-9(18)17-10(8)19/h8H,4-7H2,1-3H3,(H,16,20)(H,17,18,19). The zero-order chi connectivity index (χ0) is 16.3. The maximum Gasteiger partial charge on any atom is 0.313 e. The molecule has 2 N–H and O–H groups in total. The topological polar surface area (TPSA) is 102 Å². The van der Waals surface area contributed by atoms with E-state index in [4.69, 9.17) is 4.74 Å². The Morgan fingerprint density at radius 1 is 1.23 bits per heavy atom. The second kappa shape index (κ2) is 4.30. The summed E-state index contributed by atoms with van der Waals surface area (Å²) in [6, 6.07) is -0.762. The summed E-state index contributed by atoms with van der Waals surface area (Å²) in [5, 5.41) is 4.87. The van der Waals surface area contributed by atoms with Gasteiger partial charge in [-0.3, -0.25) is 24.5 Å². The van der Waals surface area contributed by atoms with E-state index in [1.807, 2.05) is 20.8 Å². The summed E-state index contributed by atoms with van der Waals surface area (Å²) < 4.78 is 5.48. The first-order valence-corrected chi connectivity index (χ1v) is 7.52. The van der Waals surface area contributed by atoms with Crippen LogP contribution in [0.15, 0.2) is 0 Å². The molecule has 3 amide bonds. The Labute approximate surface area is 128 Å². The molecular weight excluding hydrogens is 288 g/mol. The Morgan fingerprint density at radius 3 is 2.41 bits per heavy atom. The van der Waals surface area contributed by atoms with Crippen LogP contribution in [0.5, 0.6) is 0 Å². The van der Waals surface area contributed by atoms with Crippen LogP contribution in [0.4, 0.5) is 0 Å². The number of piperidine rings is 1. The Balaban J connectivity index is 1.82. The first kappa shape index (κ1) is 15.0. The van der Waals surface area contributed by atoms with E-state index in [1.165, 1.54) is 0 Å². The molecular formula is C15H20N2O5. The van der Waals surface area contributed by atoms with Crippen molar-refractivity contribution in [3.05, 3.63) is 0 Å². The number of ether oxygens (including phenoxy) is 1. The highest BCUT2D eigenvalue weighted by molar-refractivity contribution is 6.03. The van der Waals surface area contributed by atoms with Gasteiger partial charge in [0.05, 0.1) is 5.41 Å². The second-order valence-electron chi connectivity index (χ2n) is 7.15. The molecule has 2 bridgehead atoms. The zero-order valence-electron chi connectivity index (χ0n) is 12.9. The third kappa shape index (κ3) is 1.62. The molecule has 3 rings (SSSR count). The molecule has 0 aromatic rings. The Hall–Kier alpha value is -1.92. The van der Waals surface area contributed by atoms with Gasteiger partial charge >= 0.3 is 5.97 Å². The highest BCUT2D eigenvalue weighted by Crippen LogP contribution is 2.65. The number of rotatable bonds is 2. The number of esters is 1. The van der Waals surface area contributed by atoms with Crippen LogP contribution >= 0.6 is 0 Å². The molecule has 2 saturated heterocycles. The first-order chi connectivity index (χ1) is 10.1. The number of imide groups is 1. The molecule has 1 aliphatic carbocycles. The average Bonchev–Trinajstić information content (AvgIpc) is 2.72. The van der Waals surface area contributed by atoms with Crippen molar-refractivity contribution in [2.75, 3.05) is 0 Å². The molecule has 3 fully saturated rings. The van der Waals surface area contributed by atoms with E-state index in [1.54, 1.807) is 0 Å². The monoisotopic (exact) mass is 308 g/mol. The molecule has 2 aliphatic heterocycles. The smallest absolute Gasteiger partial charge is 0.313 e. The van der Waals surface area contributed by atoms with Crippen LogP contribution in [0.25, 0.3) is 0 Å². The summed E-state index contributed by atoms with van der Waals surface area (Å²) in [7, 11) is 0. The van der Waals surface area contributed by atoms with E-state index in [0.717, 1.165) is 0 Å². The van der Waals surface area contributed by atoms with Gasteiger partial charge in [-0.25, -0.2) is 0 Å². The van der Waals surface area contributed by atoms with Crippen LogP contribution in [0.2, 0.25) is 0 Å². The Kier molecular flexibility index (Phi) is 2.93. The Morgan fingerprint density at radius 2 is 1.91 bits per heavy atom. The van der Waals surface area contributed by atoms with Crippen LogP contribution in [0.3, 0.4) is 0 Å². The van der Waals surface area contributed by atoms with Gasteiger partial charge in [-0.1, -0.05) is 13.8 Å². The molecule has 3 unspecified atom stereocenters. The van der Waals surface area contributed by atoms with Crippen molar-refractivity contribution in [3.63, 3.8) is 0 Å². The van der Waals surface area contributed by atoms with Crippen molar-refractivity contribution >= 4 is 23.7 Å². The molecule has 0 aromatic heterocycles. The highest BCUT2D eigenvalue weighted by Gasteiger charge is 2.75. The minimum absolute atomic E-state index is 0.185. The third-order valence-corrected chi connectivity index (χ3v) is 5.99. The van der Waals surface area contributed by atoms with E-state index < -0.39 is 34.3 Å². The summed E-state index contributed by atoms with van der Waals surface area (Å²) >= 11 is 0. The van der Waals surface area contributed by atoms with Crippen molar-refractivity contribution in [2.45, 2.75) is 58.1 Å². The third-order valence-electron chi connectivity index (χ3n) is 5.99.